The molecule has 3 N–H and O–H groups in total. The monoisotopic (exact) mass is 805 g/mol. The normalized spacial score (nSPS) is 22.1. The molecular formula is C42H46F3N3O8Si. The van der Waals surface area contributed by atoms with Gasteiger partial charge in [0.25, 0.3) is 5.88 Å². The van der Waals surface area contributed by atoms with Crippen LogP contribution in [0, 0.1) is 11.8 Å². The van der Waals surface area contributed by atoms with E-state index in [2.05, 4.69) is 9.89 Å². The zero-order valence-corrected chi connectivity index (χ0v) is 33.8. The van der Waals surface area contributed by atoms with Gasteiger partial charge in [0.05, 0.1) is 17.3 Å². The maximum Gasteiger partial charge on any atom is 0.573 e. The number of rotatable bonds is 10. The van der Waals surface area contributed by atoms with Crippen LogP contribution in [0.5, 0.6) is 17.4 Å². The molecule has 57 heavy (non-hydrogen) atoms. The molecule has 1 saturated carbocycles. The summed E-state index contributed by atoms with van der Waals surface area (Å²) in [5, 5.41) is 16.1. The Labute approximate surface area is 329 Å². The lowest BCUT2D eigenvalue weighted by atomic mass is 9.57. The number of ether oxygens (including phenoxy) is 3. The van der Waals surface area contributed by atoms with Gasteiger partial charge < -0.3 is 34.0 Å². The van der Waals surface area contributed by atoms with E-state index in [1.165, 1.54) is 0 Å². The Bertz CT molecular complexity index is 2230. The number of nitrogen functional groups attached to an aromatic ring is 1. The Kier molecular flexibility index (Phi) is 10.1. The number of carbonyl (C=O) groups is 2. The summed E-state index contributed by atoms with van der Waals surface area (Å²) in [5.74, 6) is -4.67. The highest BCUT2D eigenvalue weighted by atomic mass is 28.4. The lowest BCUT2D eigenvalue weighted by molar-refractivity contribution is -0.275. The number of hydrogen-bond acceptors (Lipinski definition) is 11. The van der Waals surface area contributed by atoms with E-state index in [1.54, 1.807) is 43.3 Å². The van der Waals surface area contributed by atoms with Crippen LogP contribution in [-0.4, -0.2) is 61.1 Å². The van der Waals surface area contributed by atoms with E-state index in [0.717, 1.165) is 17.2 Å². The fourth-order valence-corrected chi connectivity index (χ4v) is 9.54. The lowest BCUT2D eigenvalue weighted by Crippen LogP contribution is -2.68. The van der Waals surface area contributed by atoms with Crippen LogP contribution in [0.1, 0.15) is 71.6 Å². The molecule has 1 unspecified atom stereocenters. The molecule has 0 amide bonds. The topological polar surface area (TPSA) is 147 Å². The molecule has 11 nitrogen and oxygen atoms in total. The number of alkyl halides is 3. The molecule has 4 aromatic rings. The average Bonchev–Trinajstić information content (AvgIpc) is 3.55. The van der Waals surface area contributed by atoms with Crippen LogP contribution in [0.2, 0.25) is 18.1 Å². The molecule has 0 spiro atoms. The van der Waals surface area contributed by atoms with Crippen LogP contribution in [0.25, 0.3) is 5.76 Å². The van der Waals surface area contributed by atoms with Gasteiger partial charge in [-0.15, -0.1) is 13.2 Å². The first-order chi connectivity index (χ1) is 26.7. The van der Waals surface area contributed by atoms with Crippen LogP contribution in [-0.2, 0) is 28.9 Å². The first-order valence-corrected chi connectivity index (χ1v) is 21.6. The molecule has 3 aromatic carbocycles. The molecule has 1 fully saturated rings. The van der Waals surface area contributed by atoms with Crippen molar-refractivity contribution < 1.29 is 51.0 Å². The summed E-state index contributed by atoms with van der Waals surface area (Å²) >= 11 is 0. The predicted molar refractivity (Wildman–Crippen MR) is 207 cm³/mol. The molecule has 0 radical (unpaired) electrons. The predicted octanol–water partition coefficient (Wildman–Crippen LogP) is 8.60. The van der Waals surface area contributed by atoms with Crippen LogP contribution < -0.4 is 19.9 Å². The summed E-state index contributed by atoms with van der Waals surface area (Å²) in [7, 11) is 0.491. The zero-order chi connectivity index (χ0) is 41.2. The van der Waals surface area contributed by atoms with E-state index in [1.807, 2.05) is 70.3 Å². The third-order valence-electron chi connectivity index (χ3n) is 11.7. The van der Waals surface area contributed by atoms with E-state index >= 15 is 9.59 Å². The number of nitrogens with zero attached hydrogens (tertiary/aromatic N) is 2. The number of nitrogens with two attached hydrogens (primary N) is 1. The molecule has 15 heteroatoms. The van der Waals surface area contributed by atoms with Crippen molar-refractivity contribution in [1.29, 1.82) is 0 Å². The van der Waals surface area contributed by atoms with Gasteiger partial charge in [-0.2, -0.15) is 0 Å². The number of fused-ring (bicyclic) bond motifs is 4. The molecule has 302 valence electrons. The Morgan fingerprint density at radius 2 is 1.54 bits per heavy atom. The second-order valence-electron chi connectivity index (χ2n) is 16.6. The van der Waals surface area contributed by atoms with Gasteiger partial charge in [0.2, 0.25) is 11.6 Å². The summed E-state index contributed by atoms with van der Waals surface area (Å²) in [6, 6.07) is 18.5. The molecule has 3 aliphatic carbocycles. The van der Waals surface area contributed by atoms with E-state index in [4.69, 9.17) is 24.2 Å². The highest BCUT2D eigenvalue weighted by Crippen LogP contribution is 2.60. The molecule has 7 rings (SSSR count). The summed E-state index contributed by atoms with van der Waals surface area (Å²) in [6.45, 7) is 9.78. The fraction of sp³-hybridized carbons (Fsp3) is 0.405. The molecular weight excluding hydrogens is 760 g/mol. The fourth-order valence-electron chi connectivity index (χ4n) is 8.10. The van der Waals surface area contributed by atoms with Gasteiger partial charge in [0.15, 0.2) is 25.4 Å². The first kappa shape index (κ1) is 40.1. The molecule has 1 aromatic heterocycles. The van der Waals surface area contributed by atoms with Crippen molar-refractivity contribution in [3.63, 3.8) is 0 Å². The number of ketones is 2. The van der Waals surface area contributed by atoms with Crippen molar-refractivity contribution in [3.05, 3.63) is 106 Å². The molecule has 0 bridgehead atoms. The SMILES string of the molecule is CN(C)[C@@H]1c2onc(OCc3ccccc3)c2C(=O)C2(O[Si](C)(C)C(C)(C)C)C(=O)C3=C(O)c4c(c(OC(F)(F)F)cc(N)c4OCc4ccccc4)C[C@H]3C[C@@H]12. The molecule has 1 heterocycles. The Balaban J connectivity index is 1.44. The number of hydrogen-bond donors (Lipinski definition) is 2. The van der Waals surface area contributed by atoms with Crippen LogP contribution in [0.15, 0.2) is 76.8 Å². The van der Waals surface area contributed by atoms with E-state index in [-0.39, 0.29) is 71.4 Å². The Morgan fingerprint density at radius 1 is 0.947 bits per heavy atom. The highest BCUT2D eigenvalue weighted by Gasteiger charge is 2.69. The molecule has 3 aliphatic rings. The van der Waals surface area contributed by atoms with Crippen molar-refractivity contribution >= 4 is 31.3 Å². The molecule has 0 saturated heterocycles. The first-order valence-electron chi connectivity index (χ1n) is 18.7. The average molecular weight is 806 g/mol. The summed E-state index contributed by atoms with van der Waals surface area (Å²) in [6.07, 6.45) is -5.25. The Morgan fingerprint density at radius 3 is 2.11 bits per heavy atom. The number of carbonyl (C=O) groups excluding carboxylic acids is 2. The number of aliphatic hydroxyl groups excluding tert-OH is 1. The maximum atomic E-state index is 15.7. The number of benzene rings is 3. The van der Waals surface area contributed by atoms with Crippen molar-refractivity contribution in [2.24, 2.45) is 11.8 Å². The summed E-state index contributed by atoms with van der Waals surface area (Å²) in [4.78, 5) is 33.0. The lowest BCUT2D eigenvalue weighted by Gasteiger charge is -2.55. The minimum atomic E-state index is -5.10. The van der Waals surface area contributed by atoms with Crippen molar-refractivity contribution in [3.8, 4) is 17.4 Å². The second-order valence-corrected chi connectivity index (χ2v) is 21.4. The number of Topliss-reactive ketones (excluding diaryl/α,β-unsaturated/α-hetero) is 2. The van der Waals surface area contributed by atoms with Gasteiger partial charge >= 0.3 is 6.36 Å². The van der Waals surface area contributed by atoms with Gasteiger partial charge in [0, 0.05) is 23.1 Å². The van der Waals surface area contributed by atoms with Gasteiger partial charge in [0.1, 0.15) is 30.3 Å². The summed E-state index contributed by atoms with van der Waals surface area (Å²) in [5.41, 5.74) is 4.96. The van der Waals surface area contributed by atoms with Crippen molar-refractivity contribution in [2.45, 2.75) is 83.0 Å². The van der Waals surface area contributed by atoms with Gasteiger partial charge in [-0.1, -0.05) is 81.4 Å². The van der Waals surface area contributed by atoms with E-state index in [0.29, 0.717) is 0 Å². The van der Waals surface area contributed by atoms with Crippen molar-refractivity contribution in [1.82, 2.24) is 10.1 Å². The number of aromatic nitrogens is 1. The van der Waals surface area contributed by atoms with Gasteiger partial charge in [-0.3, -0.25) is 14.5 Å². The van der Waals surface area contributed by atoms with Crippen LogP contribution in [0.3, 0.4) is 0 Å². The van der Waals surface area contributed by atoms with Crippen LogP contribution in [0.4, 0.5) is 18.9 Å². The minimum absolute atomic E-state index is 0.0319. The van der Waals surface area contributed by atoms with E-state index < -0.39 is 66.3 Å². The largest absolute Gasteiger partial charge is 0.573 e. The number of anilines is 1. The third kappa shape index (κ3) is 6.99. The molecule has 0 aliphatic heterocycles. The zero-order valence-electron chi connectivity index (χ0n) is 32.8. The highest BCUT2D eigenvalue weighted by molar-refractivity contribution is 6.74. The smallest absolute Gasteiger partial charge is 0.507 e. The quantitative estimate of drug-likeness (QED) is 0.0903. The van der Waals surface area contributed by atoms with Gasteiger partial charge in [-0.25, -0.2) is 0 Å². The number of aliphatic hydroxyl groups is 1. The number of halogens is 3. The maximum absolute atomic E-state index is 15.7. The standard InChI is InChI=1S/C42H46F3N3O8Si/c1-40(2,3)57(6,7)56-41-27(33(48(4)5)36-32(38(41)51)39(47-55-36)53-22-24-16-12-9-13-17-24)19-25-18-26-29(54-42(43,44)45)20-28(46)35(31(26)34(49)30(25)37(41)50)52-21-23-14-10-8-11-15-23/h8-17,20,25,27,33,49H,18-19,21-22,46H2,1-7H3/t25-,27-,33-,41?/m0/s1. The van der Waals surface area contributed by atoms with Crippen LogP contribution >= 0.6 is 0 Å². The third-order valence-corrected chi connectivity index (χ3v) is 16.2. The van der Waals surface area contributed by atoms with E-state index in [9.17, 15) is 18.3 Å². The second kappa shape index (κ2) is 14.4. The molecule has 4 atom stereocenters. The summed E-state index contributed by atoms with van der Waals surface area (Å²) < 4.78 is 71.5. The Hall–Kier alpha value is -5.12. The minimum Gasteiger partial charge on any atom is -0.507 e. The van der Waals surface area contributed by atoms with Gasteiger partial charge in [-0.05, 0) is 67.3 Å². The van der Waals surface area contributed by atoms with Crippen molar-refractivity contribution in [2.75, 3.05) is 19.8 Å².